The van der Waals surface area contributed by atoms with Gasteiger partial charge in [-0.25, -0.2) is 0 Å². The molecule has 5 nitrogen and oxygen atoms in total. The molecule has 19 heavy (non-hydrogen) atoms. The maximum atomic E-state index is 11.6. The lowest BCUT2D eigenvalue weighted by Crippen LogP contribution is -2.65. The summed E-state index contributed by atoms with van der Waals surface area (Å²) in [6.07, 6.45) is -0.802. The fraction of sp³-hybridized carbons (Fsp3) is 0.846. The maximum Gasteiger partial charge on any atom is 0.304 e. The first-order chi connectivity index (χ1) is 8.45. The van der Waals surface area contributed by atoms with E-state index in [0.717, 1.165) is 0 Å². The molecule has 0 saturated carbocycles. The Labute approximate surface area is 116 Å². The summed E-state index contributed by atoms with van der Waals surface area (Å²) in [4.78, 5) is 22.6. The number of ether oxygens (including phenoxy) is 1. The Morgan fingerprint density at radius 1 is 1.37 bits per heavy atom. The van der Waals surface area contributed by atoms with Crippen molar-refractivity contribution in [1.29, 1.82) is 0 Å². The zero-order valence-electron chi connectivity index (χ0n) is 12.9. The van der Waals surface area contributed by atoms with Crippen molar-refractivity contribution in [2.75, 3.05) is 0 Å². The number of carbonyl (C=O) groups excluding carboxylic acids is 2. The summed E-state index contributed by atoms with van der Waals surface area (Å²) in [6.45, 7) is 13.9. The molecule has 1 aliphatic heterocycles. The molecule has 0 aliphatic carbocycles. The predicted octanol–water partition coefficient (Wildman–Crippen LogP) is 2.03. The van der Waals surface area contributed by atoms with Crippen LogP contribution in [0.2, 0.25) is 18.1 Å². The van der Waals surface area contributed by atoms with Crippen molar-refractivity contribution in [3.63, 3.8) is 0 Å². The standard InChI is InChI=1S/C13H25NO4Si/c1-8(18-19(6,7)13(3,4)5)10-11(16)14-12(10)17-9(2)15/h8,10,12H,1-7H3,(H,14,16)/t8-,10-,12-/m1/s1. The minimum Gasteiger partial charge on any atom is -0.441 e. The molecule has 1 fully saturated rings. The van der Waals surface area contributed by atoms with Crippen molar-refractivity contribution in [2.45, 2.75) is 65.1 Å². The second-order valence-electron chi connectivity index (χ2n) is 6.65. The third-order valence-corrected chi connectivity index (χ3v) is 8.57. The smallest absolute Gasteiger partial charge is 0.304 e. The highest BCUT2D eigenvalue weighted by atomic mass is 28.4. The number of esters is 1. The molecule has 0 aromatic rings. The summed E-state index contributed by atoms with van der Waals surface area (Å²) in [5.74, 6) is -0.912. The lowest BCUT2D eigenvalue weighted by atomic mass is 9.93. The molecular formula is C13H25NO4Si. The van der Waals surface area contributed by atoms with Crippen LogP contribution >= 0.6 is 0 Å². The molecule has 1 amide bonds. The van der Waals surface area contributed by atoms with E-state index in [0.29, 0.717) is 0 Å². The van der Waals surface area contributed by atoms with E-state index in [4.69, 9.17) is 9.16 Å². The van der Waals surface area contributed by atoms with Gasteiger partial charge in [-0.3, -0.25) is 9.59 Å². The normalized spacial score (nSPS) is 25.3. The lowest BCUT2D eigenvalue weighted by molar-refractivity contribution is -0.173. The summed E-state index contributed by atoms with van der Waals surface area (Å²) in [5, 5.41) is 2.66. The Balaban J connectivity index is 2.69. The number of β-lactam (4-membered cyclic amide) rings is 1. The first-order valence-electron chi connectivity index (χ1n) is 6.61. The van der Waals surface area contributed by atoms with Gasteiger partial charge in [0.2, 0.25) is 5.91 Å². The van der Waals surface area contributed by atoms with Crippen molar-refractivity contribution in [3.05, 3.63) is 0 Å². The van der Waals surface area contributed by atoms with E-state index < -0.39 is 26.4 Å². The van der Waals surface area contributed by atoms with Crippen molar-refractivity contribution >= 4 is 20.2 Å². The van der Waals surface area contributed by atoms with Crippen LogP contribution in [0.1, 0.15) is 34.6 Å². The van der Waals surface area contributed by atoms with Crippen LogP contribution < -0.4 is 5.32 Å². The summed E-state index contributed by atoms with van der Waals surface area (Å²) in [5.41, 5.74) is 0. The van der Waals surface area contributed by atoms with Gasteiger partial charge in [-0.1, -0.05) is 20.8 Å². The van der Waals surface area contributed by atoms with Gasteiger partial charge in [-0.05, 0) is 25.1 Å². The quantitative estimate of drug-likeness (QED) is 0.488. The SMILES string of the molecule is CC(=O)O[C@H]1NC(=O)[C@H]1[C@@H](C)O[Si](C)(C)C(C)(C)C. The van der Waals surface area contributed by atoms with Crippen molar-refractivity contribution in [3.8, 4) is 0 Å². The topological polar surface area (TPSA) is 64.6 Å². The second-order valence-corrected chi connectivity index (χ2v) is 11.4. The first kappa shape index (κ1) is 16.2. The number of hydrogen-bond donors (Lipinski definition) is 1. The Bertz CT molecular complexity index is 375. The Kier molecular flexibility index (Phi) is 4.46. The van der Waals surface area contributed by atoms with Gasteiger partial charge in [0.05, 0.1) is 6.10 Å². The molecule has 0 radical (unpaired) electrons. The average Bonchev–Trinajstić information content (AvgIpc) is 2.12. The predicted molar refractivity (Wildman–Crippen MR) is 74.9 cm³/mol. The van der Waals surface area contributed by atoms with Gasteiger partial charge in [0, 0.05) is 6.92 Å². The molecule has 1 rings (SSSR count). The summed E-state index contributed by atoms with van der Waals surface area (Å²) < 4.78 is 11.2. The van der Waals surface area contributed by atoms with E-state index in [2.05, 4.69) is 39.2 Å². The van der Waals surface area contributed by atoms with Gasteiger partial charge in [0.15, 0.2) is 14.5 Å². The number of nitrogens with one attached hydrogen (secondary N) is 1. The molecule has 3 atom stereocenters. The van der Waals surface area contributed by atoms with E-state index in [1.165, 1.54) is 6.92 Å². The van der Waals surface area contributed by atoms with Crippen molar-refractivity contribution in [2.24, 2.45) is 5.92 Å². The van der Waals surface area contributed by atoms with Crippen LogP contribution in [0.25, 0.3) is 0 Å². The summed E-state index contributed by atoms with van der Waals surface area (Å²) >= 11 is 0. The van der Waals surface area contributed by atoms with Crippen LogP contribution in [0.15, 0.2) is 0 Å². The largest absolute Gasteiger partial charge is 0.441 e. The van der Waals surface area contributed by atoms with Crippen LogP contribution in [-0.2, 0) is 18.8 Å². The van der Waals surface area contributed by atoms with Gasteiger partial charge in [-0.2, -0.15) is 0 Å². The minimum absolute atomic E-state index is 0.0818. The van der Waals surface area contributed by atoms with Crippen molar-refractivity contribution in [1.82, 2.24) is 5.32 Å². The third kappa shape index (κ3) is 3.57. The van der Waals surface area contributed by atoms with Crippen molar-refractivity contribution < 1.29 is 18.8 Å². The molecule has 1 heterocycles. The zero-order valence-corrected chi connectivity index (χ0v) is 13.9. The fourth-order valence-corrected chi connectivity index (χ4v) is 3.25. The van der Waals surface area contributed by atoms with Crippen LogP contribution in [0, 0.1) is 5.92 Å². The highest BCUT2D eigenvalue weighted by Crippen LogP contribution is 2.39. The fourth-order valence-electron chi connectivity index (χ4n) is 1.82. The first-order valence-corrected chi connectivity index (χ1v) is 9.52. The molecule has 110 valence electrons. The highest BCUT2D eigenvalue weighted by Gasteiger charge is 2.49. The molecule has 6 heteroatoms. The van der Waals surface area contributed by atoms with Crippen LogP contribution in [0.3, 0.4) is 0 Å². The average molecular weight is 287 g/mol. The Morgan fingerprint density at radius 3 is 2.26 bits per heavy atom. The molecular weight excluding hydrogens is 262 g/mol. The van der Waals surface area contributed by atoms with Crippen LogP contribution in [-0.4, -0.2) is 32.5 Å². The van der Waals surface area contributed by atoms with E-state index in [1.807, 2.05) is 6.92 Å². The number of carbonyl (C=O) groups is 2. The zero-order chi connectivity index (χ0) is 15.0. The van der Waals surface area contributed by atoms with E-state index in [1.54, 1.807) is 0 Å². The molecule has 0 unspecified atom stereocenters. The van der Waals surface area contributed by atoms with Crippen LogP contribution in [0.5, 0.6) is 0 Å². The Morgan fingerprint density at radius 2 is 1.89 bits per heavy atom. The molecule has 1 N–H and O–H groups in total. The number of amides is 1. The third-order valence-electron chi connectivity index (χ3n) is 4.00. The minimum atomic E-state index is -1.93. The second kappa shape index (κ2) is 5.24. The van der Waals surface area contributed by atoms with Crippen LogP contribution in [0.4, 0.5) is 0 Å². The van der Waals surface area contributed by atoms with Gasteiger partial charge in [0.1, 0.15) is 5.92 Å². The van der Waals surface area contributed by atoms with Gasteiger partial charge in [0.25, 0.3) is 0 Å². The van der Waals surface area contributed by atoms with E-state index >= 15 is 0 Å². The maximum absolute atomic E-state index is 11.6. The van der Waals surface area contributed by atoms with E-state index in [-0.39, 0.29) is 17.0 Å². The molecule has 1 aliphatic rings. The molecule has 0 spiro atoms. The highest BCUT2D eigenvalue weighted by molar-refractivity contribution is 6.74. The number of hydrogen-bond acceptors (Lipinski definition) is 4. The summed E-state index contributed by atoms with van der Waals surface area (Å²) in [6, 6.07) is 0. The lowest BCUT2D eigenvalue weighted by Gasteiger charge is -2.44. The Hall–Kier alpha value is -0.883. The monoisotopic (exact) mass is 287 g/mol. The molecule has 0 aromatic carbocycles. The molecule has 0 bridgehead atoms. The van der Waals surface area contributed by atoms with Gasteiger partial charge < -0.3 is 14.5 Å². The van der Waals surface area contributed by atoms with E-state index in [9.17, 15) is 9.59 Å². The van der Waals surface area contributed by atoms with Gasteiger partial charge >= 0.3 is 5.97 Å². The molecule has 1 saturated heterocycles. The van der Waals surface area contributed by atoms with Gasteiger partial charge in [-0.15, -0.1) is 0 Å². The summed E-state index contributed by atoms with van der Waals surface area (Å²) in [7, 11) is -1.93. The number of rotatable bonds is 4. The molecule has 0 aromatic heterocycles.